The Labute approximate surface area is 137 Å². The topological polar surface area (TPSA) is 66.5 Å². The fourth-order valence-corrected chi connectivity index (χ4v) is 5.91. The molecule has 1 N–H and O–H groups in total. The van der Waals surface area contributed by atoms with Crippen LogP contribution in [0.4, 0.5) is 0 Å². The average molecular weight is 356 g/mol. The van der Waals surface area contributed by atoms with Gasteiger partial charge in [0.1, 0.15) is 4.21 Å². The SMILES string of the molecule is O=C(NCc1ccc(S(=O)(=O)N2CCCC2)s1)c1ccsc1. The number of hydrogen-bond donors (Lipinski definition) is 1. The predicted octanol–water partition coefficient (Wildman–Crippen LogP) is 2.52. The first kappa shape index (κ1) is 15.7. The van der Waals surface area contributed by atoms with Crippen LogP contribution in [0.1, 0.15) is 28.1 Å². The van der Waals surface area contributed by atoms with Gasteiger partial charge in [-0.05, 0) is 36.4 Å². The van der Waals surface area contributed by atoms with Crippen LogP contribution >= 0.6 is 22.7 Å². The molecule has 1 amide bonds. The maximum absolute atomic E-state index is 12.4. The Bertz CT molecular complexity index is 744. The third kappa shape index (κ3) is 3.24. The van der Waals surface area contributed by atoms with Crippen LogP contribution in [0.25, 0.3) is 0 Å². The summed E-state index contributed by atoms with van der Waals surface area (Å²) in [7, 11) is -3.36. The molecule has 0 bridgehead atoms. The molecule has 5 nitrogen and oxygen atoms in total. The Morgan fingerprint density at radius 3 is 2.68 bits per heavy atom. The van der Waals surface area contributed by atoms with E-state index in [4.69, 9.17) is 0 Å². The second-order valence-corrected chi connectivity index (χ2v) is 9.14. The van der Waals surface area contributed by atoms with E-state index in [2.05, 4.69) is 5.32 Å². The van der Waals surface area contributed by atoms with Gasteiger partial charge in [0.05, 0.1) is 6.54 Å². The average Bonchev–Trinajstić information content (AvgIpc) is 3.27. The van der Waals surface area contributed by atoms with Crippen LogP contribution < -0.4 is 5.32 Å². The summed E-state index contributed by atoms with van der Waals surface area (Å²) in [5.41, 5.74) is 0.631. The summed E-state index contributed by atoms with van der Waals surface area (Å²) in [5, 5.41) is 6.44. The lowest BCUT2D eigenvalue weighted by atomic mass is 10.3. The first-order valence-electron chi connectivity index (χ1n) is 6.96. The summed E-state index contributed by atoms with van der Waals surface area (Å²) in [5.74, 6) is -0.140. The molecule has 1 aliphatic heterocycles. The summed E-state index contributed by atoms with van der Waals surface area (Å²) in [4.78, 5) is 12.7. The van der Waals surface area contributed by atoms with E-state index >= 15 is 0 Å². The van der Waals surface area contributed by atoms with E-state index in [0.717, 1.165) is 17.7 Å². The fourth-order valence-electron chi connectivity index (χ4n) is 2.31. The lowest BCUT2D eigenvalue weighted by Crippen LogP contribution is -2.27. The lowest BCUT2D eigenvalue weighted by Gasteiger charge is -2.13. The molecule has 0 atom stereocenters. The molecule has 0 saturated carbocycles. The molecule has 0 aromatic carbocycles. The molecule has 22 heavy (non-hydrogen) atoms. The van der Waals surface area contributed by atoms with Crippen LogP contribution in [0.2, 0.25) is 0 Å². The molecule has 0 aliphatic carbocycles. The van der Waals surface area contributed by atoms with Crippen LogP contribution in [0, 0.1) is 0 Å². The van der Waals surface area contributed by atoms with E-state index in [-0.39, 0.29) is 5.91 Å². The van der Waals surface area contributed by atoms with Crippen molar-refractivity contribution in [1.82, 2.24) is 9.62 Å². The number of carbonyl (C=O) groups excluding carboxylic acids is 1. The van der Waals surface area contributed by atoms with Gasteiger partial charge in [0.25, 0.3) is 15.9 Å². The van der Waals surface area contributed by atoms with Crippen molar-refractivity contribution >= 4 is 38.6 Å². The minimum Gasteiger partial charge on any atom is -0.347 e. The maximum Gasteiger partial charge on any atom is 0.252 e. The van der Waals surface area contributed by atoms with Crippen LogP contribution in [0.5, 0.6) is 0 Å². The molecule has 8 heteroatoms. The molecule has 1 fully saturated rings. The molecule has 0 spiro atoms. The Morgan fingerprint density at radius 1 is 1.23 bits per heavy atom. The van der Waals surface area contributed by atoms with E-state index < -0.39 is 10.0 Å². The van der Waals surface area contributed by atoms with Crippen LogP contribution in [0.15, 0.2) is 33.2 Å². The molecule has 2 aromatic rings. The number of sulfonamides is 1. The summed E-state index contributed by atoms with van der Waals surface area (Å²) < 4.78 is 26.7. The van der Waals surface area contributed by atoms with Gasteiger partial charge >= 0.3 is 0 Å². The summed E-state index contributed by atoms with van der Waals surface area (Å²) >= 11 is 2.69. The first-order valence-corrected chi connectivity index (χ1v) is 10.2. The zero-order valence-corrected chi connectivity index (χ0v) is 14.3. The minimum atomic E-state index is -3.36. The summed E-state index contributed by atoms with van der Waals surface area (Å²) in [6.45, 7) is 1.55. The fraction of sp³-hybridized carbons (Fsp3) is 0.357. The largest absolute Gasteiger partial charge is 0.347 e. The lowest BCUT2D eigenvalue weighted by molar-refractivity contribution is 0.0952. The van der Waals surface area contributed by atoms with Gasteiger partial charge in [0.2, 0.25) is 0 Å². The van der Waals surface area contributed by atoms with Crippen molar-refractivity contribution in [2.75, 3.05) is 13.1 Å². The molecule has 1 saturated heterocycles. The first-order chi connectivity index (χ1) is 10.6. The van der Waals surface area contributed by atoms with Crippen molar-refractivity contribution in [3.63, 3.8) is 0 Å². The van der Waals surface area contributed by atoms with Gasteiger partial charge in [-0.15, -0.1) is 11.3 Å². The monoisotopic (exact) mass is 356 g/mol. The number of carbonyl (C=O) groups is 1. The molecule has 3 rings (SSSR count). The zero-order chi connectivity index (χ0) is 15.6. The van der Waals surface area contributed by atoms with Crippen molar-refractivity contribution in [3.05, 3.63) is 39.4 Å². The highest BCUT2D eigenvalue weighted by molar-refractivity contribution is 7.91. The highest BCUT2D eigenvalue weighted by Gasteiger charge is 2.28. The zero-order valence-electron chi connectivity index (χ0n) is 11.8. The second-order valence-electron chi connectivity index (χ2n) is 5.03. The van der Waals surface area contributed by atoms with E-state index in [1.165, 1.54) is 27.0 Å². The molecule has 2 aromatic heterocycles. The molecular formula is C14H16N2O3S3. The van der Waals surface area contributed by atoms with Gasteiger partial charge in [-0.3, -0.25) is 4.79 Å². The van der Waals surface area contributed by atoms with Crippen molar-refractivity contribution < 1.29 is 13.2 Å². The summed E-state index contributed by atoms with van der Waals surface area (Å²) in [6, 6.07) is 5.16. The van der Waals surface area contributed by atoms with E-state index in [0.29, 0.717) is 29.4 Å². The third-order valence-electron chi connectivity index (χ3n) is 3.50. The van der Waals surface area contributed by atoms with Crippen molar-refractivity contribution in [1.29, 1.82) is 0 Å². The molecule has 3 heterocycles. The molecule has 118 valence electrons. The maximum atomic E-state index is 12.4. The van der Waals surface area contributed by atoms with E-state index in [1.807, 2.05) is 5.38 Å². The minimum absolute atomic E-state index is 0.140. The Kier molecular flexibility index (Phi) is 4.62. The van der Waals surface area contributed by atoms with E-state index in [1.54, 1.807) is 23.6 Å². The third-order valence-corrected chi connectivity index (χ3v) is 7.64. The second kappa shape index (κ2) is 6.49. The Hall–Kier alpha value is -1.22. The number of thiophene rings is 2. The van der Waals surface area contributed by atoms with Gasteiger partial charge in [-0.2, -0.15) is 15.6 Å². The Balaban J connectivity index is 1.65. The number of nitrogens with zero attached hydrogens (tertiary/aromatic N) is 1. The molecular weight excluding hydrogens is 340 g/mol. The van der Waals surface area contributed by atoms with Gasteiger partial charge in [-0.25, -0.2) is 8.42 Å². The quantitative estimate of drug-likeness (QED) is 0.895. The van der Waals surface area contributed by atoms with Gasteiger partial charge in [0.15, 0.2) is 0 Å². The standard InChI is InChI=1S/C14H16N2O3S3/c17-14(11-5-8-20-10-11)15-9-12-3-4-13(21-12)22(18,19)16-6-1-2-7-16/h3-5,8,10H,1-2,6-7,9H2,(H,15,17). The highest BCUT2D eigenvalue weighted by Crippen LogP contribution is 2.27. The number of amides is 1. The number of nitrogens with one attached hydrogen (secondary N) is 1. The van der Waals surface area contributed by atoms with Gasteiger partial charge in [-0.1, -0.05) is 0 Å². The van der Waals surface area contributed by atoms with Crippen molar-refractivity contribution in [3.8, 4) is 0 Å². The number of hydrogen-bond acceptors (Lipinski definition) is 5. The molecule has 1 aliphatic rings. The normalized spacial score (nSPS) is 16.0. The van der Waals surface area contributed by atoms with Crippen LogP contribution in [0.3, 0.4) is 0 Å². The molecule has 0 unspecified atom stereocenters. The van der Waals surface area contributed by atoms with Crippen molar-refractivity contribution in [2.45, 2.75) is 23.6 Å². The van der Waals surface area contributed by atoms with Crippen molar-refractivity contribution in [2.24, 2.45) is 0 Å². The van der Waals surface area contributed by atoms with E-state index in [9.17, 15) is 13.2 Å². The smallest absolute Gasteiger partial charge is 0.252 e. The molecule has 0 radical (unpaired) electrons. The Morgan fingerprint density at radius 2 is 2.00 bits per heavy atom. The van der Waals surface area contributed by atoms with Gasteiger partial charge in [0, 0.05) is 28.9 Å². The van der Waals surface area contributed by atoms with Gasteiger partial charge < -0.3 is 5.32 Å². The highest BCUT2D eigenvalue weighted by atomic mass is 32.2. The van der Waals surface area contributed by atoms with Crippen LogP contribution in [-0.2, 0) is 16.6 Å². The summed E-state index contributed by atoms with van der Waals surface area (Å²) in [6.07, 6.45) is 1.85. The predicted molar refractivity (Wildman–Crippen MR) is 87.8 cm³/mol. The van der Waals surface area contributed by atoms with Crippen LogP contribution in [-0.4, -0.2) is 31.7 Å². The number of rotatable bonds is 5.